The molecule has 0 amide bonds. The van der Waals surface area contributed by atoms with Crippen molar-refractivity contribution in [1.82, 2.24) is 0 Å². The number of aliphatic hydroxyl groups excluding tert-OH is 1. The largest absolute Gasteiger partial charge is 0.392 e. The molecule has 76 valence electrons. The number of halogens is 1. The molecule has 0 bridgehead atoms. The van der Waals surface area contributed by atoms with Crippen LogP contribution in [0.5, 0.6) is 0 Å². The van der Waals surface area contributed by atoms with Gasteiger partial charge in [0.2, 0.25) is 0 Å². The molecule has 0 aromatic heterocycles. The Morgan fingerprint density at radius 1 is 1.43 bits per heavy atom. The van der Waals surface area contributed by atoms with Crippen LogP contribution in [0.4, 0.5) is 4.39 Å². The molecule has 0 aliphatic heterocycles. The lowest BCUT2D eigenvalue weighted by Crippen LogP contribution is -1.99. The molecule has 0 aliphatic rings. The highest BCUT2D eigenvalue weighted by Crippen LogP contribution is 2.16. The summed E-state index contributed by atoms with van der Waals surface area (Å²) in [5.74, 6) is -0.0151. The Morgan fingerprint density at radius 3 is 2.57 bits per heavy atom. The molecule has 0 saturated heterocycles. The molecule has 0 unspecified atom stereocenters. The van der Waals surface area contributed by atoms with Crippen LogP contribution in [0.25, 0.3) is 6.08 Å². The van der Waals surface area contributed by atoms with Crippen molar-refractivity contribution in [1.29, 1.82) is 0 Å². The molecule has 1 nitrogen and oxygen atoms in total. The number of rotatable bonds is 3. The lowest BCUT2D eigenvalue weighted by Gasteiger charge is -2.08. The number of hydrogen-bond donors (Lipinski definition) is 1. The van der Waals surface area contributed by atoms with E-state index in [1.54, 1.807) is 24.3 Å². The molecule has 0 fully saturated rings. The molecule has 1 rings (SSSR count). The van der Waals surface area contributed by atoms with E-state index in [1.807, 2.05) is 13.8 Å². The summed E-state index contributed by atoms with van der Waals surface area (Å²) in [6.45, 7) is 3.93. The molecular formula is C12H15FO. The molecular weight excluding hydrogens is 179 g/mol. The molecule has 1 N–H and O–H groups in total. The highest BCUT2D eigenvalue weighted by atomic mass is 19.1. The maximum atomic E-state index is 13.2. The minimum absolute atomic E-state index is 0.0218. The predicted molar refractivity (Wildman–Crippen MR) is 56.3 cm³/mol. The zero-order valence-electron chi connectivity index (χ0n) is 8.50. The van der Waals surface area contributed by atoms with Crippen LogP contribution >= 0.6 is 0 Å². The highest BCUT2D eigenvalue weighted by molar-refractivity contribution is 5.53. The lowest BCUT2D eigenvalue weighted by atomic mass is 10.0. The van der Waals surface area contributed by atoms with Crippen LogP contribution in [-0.2, 0) is 0 Å². The van der Waals surface area contributed by atoms with Gasteiger partial charge in [0.1, 0.15) is 5.82 Å². The van der Waals surface area contributed by atoms with Gasteiger partial charge in [-0.25, -0.2) is 4.39 Å². The Hall–Kier alpha value is -1.15. The smallest absolute Gasteiger partial charge is 0.130 e. The zero-order valence-corrected chi connectivity index (χ0v) is 8.50. The summed E-state index contributed by atoms with van der Waals surface area (Å²) in [7, 11) is 0. The van der Waals surface area contributed by atoms with Crippen molar-refractivity contribution in [2.45, 2.75) is 13.8 Å². The Bertz CT molecular complexity index is 329. The van der Waals surface area contributed by atoms with Gasteiger partial charge >= 0.3 is 0 Å². The number of benzene rings is 1. The lowest BCUT2D eigenvalue weighted by molar-refractivity contribution is 0.320. The minimum Gasteiger partial charge on any atom is -0.392 e. The second-order valence-electron chi connectivity index (χ2n) is 3.55. The van der Waals surface area contributed by atoms with Gasteiger partial charge in [-0.2, -0.15) is 0 Å². The summed E-state index contributed by atoms with van der Waals surface area (Å²) in [5, 5.41) is 9.06. The number of hydrogen-bond acceptors (Lipinski definition) is 1. The average Bonchev–Trinajstić information content (AvgIpc) is 2.16. The van der Waals surface area contributed by atoms with Crippen molar-refractivity contribution in [3.8, 4) is 0 Å². The first kappa shape index (κ1) is 10.9. The Labute approximate surface area is 83.9 Å². The van der Waals surface area contributed by atoms with Crippen molar-refractivity contribution in [3.63, 3.8) is 0 Å². The molecule has 1 aromatic rings. The van der Waals surface area contributed by atoms with Crippen molar-refractivity contribution in [3.05, 3.63) is 41.2 Å². The second-order valence-corrected chi connectivity index (χ2v) is 3.55. The third-order valence-corrected chi connectivity index (χ3v) is 2.17. The Morgan fingerprint density at radius 2 is 2.07 bits per heavy atom. The van der Waals surface area contributed by atoms with E-state index in [4.69, 9.17) is 5.11 Å². The maximum absolute atomic E-state index is 13.2. The van der Waals surface area contributed by atoms with Gasteiger partial charge in [-0.05, 0) is 17.6 Å². The van der Waals surface area contributed by atoms with Crippen LogP contribution in [0.2, 0.25) is 0 Å². The zero-order chi connectivity index (χ0) is 10.6. The first-order chi connectivity index (χ1) is 6.65. The van der Waals surface area contributed by atoms with Gasteiger partial charge in [-0.15, -0.1) is 0 Å². The third-order valence-electron chi connectivity index (χ3n) is 2.17. The fourth-order valence-electron chi connectivity index (χ4n) is 1.19. The summed E-state index contributed by atoms with van der Waals surface area (Å²) >= 11 is 0. The van der Waals surface area contributed by atoms with Crippen LogP contribution in [-0.4, -0.2) is 11.7 Å². The van der Waals surface area contributed by atoms with Crippen LogP contribution in [0.3, 0.4) is 0 Å². The standard InChI is InChI=1S/C12H15FO/c1-9(2)11(8-14)7-10-5-3-4-6-12(10)13/h3-7,9,14H,8H2,1-2H3. The summed E-state index contributed by atoms with van der Waals surface area (Å²) in [6.07, 6.45) is 1.71. The van der Waals surface area contributed by atoms with E-state index in [9.17, 15) is 4.39 Å². The maximum Gasteiger partial charge on any atom is 0.130 e. The minimum atomic E-state index is -0.251. The van der Waals surface area contributed by atoms with Crippen molar-refractivity contribution in [2.75, 3.05) is 6.61 Å². The van der Waals surface area contributed by atoms with Crippen LogP contribution in [0.15, 0.2) is 29.8 Å². The van der Waals surface area contributed by atoms with E-state index in [1.165, 1.54) is 6.07 Å². The molecule has 1 aromatic carbocycles. The normalized spacial score (nSPS) is 12.2. The Balaban J connectivity index is 3.00. The van der Waals surface area contributed by atoms with E-state index >= 15 is 0 Å². The van der Waals surface area contributed by atoms with Crippen molar-refractivity contribution >= 4 is 6.08 Å². The fraction of sp³-hybridized carbons (Fsp3) is 0.333. The highest BCUT2D eigenvalue weighted by Gasteiger charge is 2.03. The van der Waals surface area contributed by atoms with E-state index in [2.05, 4.69) is 0 Å². The van der Waals surface area contributed by atoms with Gasteiger partial charge in [0.25, 0.3) is 0 Å². The summed E-state index contributed by atoms with van der Waals surface area (Å²) in [5.41, 5.74) is 1.38. The average molecular weight is 194 g/mol. The van der Waals surface area contributed by atoms with E-state index in [0.29, 0.717) is 5.56 Å². The van der Waals surface area contributed by atoms with Crippen LogP contribution in [0.1, 0.15) is 19.4 Å². The first-order valence-corrected chi connectivity index (χ1v) is 4.71. The molecule has 0 atom stereocenters. The molecule has 0 radical (unpaired) electrons. The van der Waals surface area contributed by atoms with Gasteiger partial charge in [0.05, 0.1) is 6.61 Å². The molecule has 0 saturated carbocycles. The molecule has 0 aliphatic carbocycles. The molecule has 0 heterocycles. The van der Waals surface area contributed by atoms with E-state index < -0.39 is 0 Å². The SMILES string of the molecule is CC(C)C(=Cc1ccccc1F)CO. The van der Waals surface area contributed by atoms with Gasteiger partial charge in [-0.3, -0.25) is 0 Å². The van der Waals surface area contributed by atoms with Crippen molar-refractivity contribution in [2.24, 2.45) is 5.92 Å². The quantitative estimate of drug-likeness (QED) is 0.784. The van der Waals surface area contributed by atoms with Gasteiger partial charge < -0.3 is 5.11 Å². The second kappa shape index (κ2) is 4.91. The third kappa shape index (κ3) is 2.67. The van der Waals surface area contributed by atoms with Crippen LogP contribution in [0, 0.1) is 11.7 Å². The summed E-state index contributed by atoms with van der Waals surface area (Å²) in [4.78, 5) is 0. The van der Waals surface area contributed by atoms with E-state index in [0.717, 1.165) is 5.57 Å². The van der Waals surface area contributed by atoms with Crippen LogP contribution < -0.4 is 0 Å². The summed E-state index contributed by atoms with van der Waals surface area (Å²) in [6, 6.07) is 6.55. The predicted octanol–water partition coefficient (Wildman–Crippen LogP) is 2.86. The topological polar surface area (TPSA) is 20.2 Å². The first-order valence-electron chi connectivity index (χ1n) is 4.71. The van der Waals surface area contributed by atoms with Gasteiger partial charge in [0, 0.05) is 5.56 Å². The summed E-state index contributed by atoms with van der Waals surface area (Å²) < 4.78 is 13.2. The van der Waals surface area contributed by atoms with Crippen molar-refractivity contribution < 1.29 is 9.50 Å². The van der Waals surface area contributed by atoms with E-state index in [-0.39, 0.29) is 18.3 Å². The van der Waals surface area contributed by atoms with Gasteiger partial charge in [-0.1, -0.05) is 38.1 Å². The molecule has 0 spiro atoms. The molecule has 14 heavy (non-hydrogen) atoms. The molecule has 2 heteroatoms. The monoisotopic (exact) mass is 194 g/mol. The Kier molecular flexibility index (Phi) is 3.84. The number of aliphatic hydroxyl groups is 1. The fourth-order valence-corrected chi connectivity index (χ4v) is 1.19. The van der Waals surface area contributed by atoms with Gasteiger partial charge in [0.15, 0.2) is 0 Å².